The van der Waals surface area contributed by atoms with Crippen LogP contribution in [0, 0.1) is 6.92 Å². The van der Waals surface area contributed by atoms with E-state index in [-0.39, 0.29) is 11.8 Å². The summed E-state index contributed by atoms with van der Waals surface area (Å²) in [5.41, 5.74) is 8.09. The van der Waals surface area contributed by atoms with Gasteiger partial charge in [0, 0.05) is 37.4 Å². The van der Waals surface area contributed by atoms with Crippen LogP contribution in [0.1, 0.15) is 54.0 Å². The number of nitrogen functional groups attached to an aromatic ring is 1. The van der Waals surface area contributed by atoms with Gasteiger partial charge in [-0.05, 0) is 45.2 Å². The molecule has 0 radical (unpaired) electrons. The minimum Gasteiger partial charge on any atom is -0.384 e. The number of likely N-dealkylation sites (tertiary alicyclic amines) is 1. The Morgan fingerprint density at radius 3 is 2.83 bits per heavy atom. The number of rotatable bonds is 4. The summed E-state index contributed by atoms with van der Waals surface area (Å²) in [7, 11) is 0. The van der Waals surface area contributed by atoms with E-state index in [2.05, 4.69) is 22.1 Å². The molecule has 1 saturated heterocycles. The fraction of sp³-hybridized carbons (Fsp3) is 0.450. The first-order valence-corrected chi connectivity index (χ1v) is 10.0. The van der Waals surface area contributed by atoms with E-state index < -0.39 is 0 Å². The van der Waals surface area contributed by atoms with Crippen LogP contribution in [-0.4, -0.2) is 53.8 Å². The van der Waals surface area contributed by atoms with Gasteiger partial charge in [0.15, 0.2) is 5.82 Å². The molecule has 3 aromatic heterocycles. The molecule has 3 aromatic rings. The molecule has 1 unspecified atom stereocenters. The predicted molar refractivity (Wildman–Crippen MR) is 109 cm³/mol. The van der Waals surface area contributed by atoms with Gasteiger partial charge in [-0.3, -0.25) is 9.89 Å². The fourth-order valence-corrected chi connectivity index (χ4v) is 3.85. The van der Waals surface area contributed by atoms with Gasteiger partial charge in [-0.1, -0.05) is 0 Å². The Morgan fingerprint density at radius 1 is 1.28 bits per heavy atom. The molecule has 0 spiro atoms. The second-order valence-electron chi connectivity index (χ2n) is 7.41. The minimum atomic E-state index is 0.00446. The molecular weight excluding hydrogens is 368 g/mol. The number of pyridine rings is 1. The number of carbonyl (C=O) groups is 1. The molecule has 1 amide bonds. The third kappa shape index (κ3) is 3.85. The van der Waals surface area contributed by atoms with Crippen LogP contribution in [-0.2, 0) is 6.54 Å². The zero-order valence-corrected chi connectivity index (χ0v) is 16.8. The average Bonchev–Trinajstić information content (AvgIpc) is 3.26. The molecule has 0 aliphatic carbocycles. The topological polar surface area (TPSA) is 119 Å². The lowest BCUT2D eigenvalue weighted by molar-refractivity contribution is 0.0760. The van der Waals surface area contributed by atoms with E-state index in [9.17, 15) is 4.79 Å². The van der Waals surface area contributed by atoms with Crippen molar-refractivity contribution in [2.75, 3.05) is 18.8 Å². The number of nitrogens with two attached hydrogens (primary N) is 1. The first-order chi connectivity index (χ1) is 14.1. The van der Waals surface area contributed by atoms with E-state index in [0.717, 1.165) is 49.4 Å². The maximum absolute atomic E-state index is 12.8. The third-order valence-corrected chi connectivity index (χ3v) is 5.48. The summed E-state index contributed by atoms with van der Waals surface area (Å²) in [5.74, 6) is 2.39. The number of aryl methyl sites for hydroxylation is 2. The van der Waals surface area contributed by atoms with E-state index >= 15 is 0 Å². The maximum atomic E-state index is 12.8. The van der Waals surface area contributed by atoms with Crippen molar-refractivity contribution in [2.45, 2.75) is 45.6 Å². The number of H-pyrrole nitrogens is 1. The van der Waals surface area contributed by atoms with Gasteiger partial charge in [-0.15, -0.1) is 0 Å². The summed E-state index contributed by atoms with van der Waals surface area (Å²) < 4.78 is 1.98. The summed E-state index contributed by atoms with van der Waals surface area (Å²) in [6, 6.07) is 3.40. The lowest BCUT2D eigenvalue weighted by atomic mass is 10.00. The van der Waals surface area contributed by atoms with Crippen molar-refractivity contribution in [1.82, 2.24) is 34.8 Å². The Bertz CT molecular complexity index is 990. The molecule has 0 bridgehead atoms. The molecule has 1 aliphatic rings. The Labute approximate surface area is 169 Å². The van der Waals surface area contributed by atoms with Crippen LogP contribution >= 0.6 is 0 Å². The summed E-state index contributed by atoms with van der Waals surface area (Å²) in [4.78, 5) is 23.6. The molecule has 3 N–H and O–H groups in total. The molecular formula is C20H26N8O. The van der Waals surface area contributed by atoms with Gasteiger partial charge in [-0.25, -0.2) is 14.6 Å². The molecule has 4 rings (SSSR count). The second kappa shape index (κ2) is 8.02. The standard InChI is InChI=1S/C20H26N8O/c1-3-28-19(24-18(26-28)16-12-23-25-13(16)2)14-5-4-9-27(10-8-14)20(29)15-6-7-17(21)22-11-15/h6-7,11-12,14H,3-5,8-10H2,1-2H3,(H2,21,22)(H,23,25). The number of hydrogen-bond acceptors (Lipinski definition) is 6. The van der Waals surface area contributed by atoms with Gasteiger partial charge in [0.05, 0.1) is 17.3 Å². The van der Waals surface area contributed by atoms with Gasteiger partial charge in [0.25, 0.3) is 5.91 Å². The van der Waals surface area contributed by atoms with Crippen LogP contribution in [0.5, 0.6) is 0 Å². The number of hydrogen-bond donors (Lipinski definition) is 2. The van der Waals surface area contributed by atoms with E-state index in [4.69, 9.17) is 15.8 Å². The lowest BCUT2D eigenvalue weighted by Gasteiger charge is -2.20. The van der Waals surface area contributed by atoms with Crippen LogP contribution in [0.15, 0.2) is 24.5 Å². The van der Waals surface area contributed by atoms with E-state index in [1.54, 1.807) is 24.5 Å². The quantitative estimate of drug-likeness (QED) is 0.701. The Balaban J connectivity index is 1.51. The highest BCUT2D eigenvalue weighted by molar-refractivity contribution is 5.94. The van der Waals surface area contributed by atoms with Crippen LogP contribution in [0.3, 0.4) is 0 Å². The minimum absolute atomic E-state index is 0.00446. The smallest absolute Gasteiger partial charge is 0.255 e. The van der Waals surface area contributed by atoms with Crippen molar-refractivity contribution < 1.29 is 4.79 Å². The summed E-state index contributed by atoms with van der Waals surface area (Å²) in [6.07, 6.45) is 6.08. The number of nitrogens with zero attached hydrogens (tertiary/aromatic N) is 6. The molecule has 4 heterocycles. The molecule has 29 heavy (non-hydrogen) atoms. The van der Waals surface area contributed by atoms with Gasteiger partial charge < -0.3 is 10.6 Å². The molecule has 9 nitrogen and oxygen atoms in total. The van der Waals surface area contributed by atoms with Crippen LogP contribution in [0.25, 0.3) is 11.4 Å². The molecule has 152 valence electrons. The van der Waals surface area contributed by atoms with E-state index in [1.165, 1.54) is 0 Å². The normalized spacial score (nSPS) is 17.3. The number of aromatic nitrogens is 6. The van der Waals surface area contributed by atoms with Crippen molar-refractivity contribution in [3.63, 3.8) is 0 Å². The molecule has 0 aromatic carbocycles. The summed E-state index contributed by atoms with van der Waals surface area (Å²) >= 11 is 0. The molecule has 1 atom stereocenters. The largest absolute Gasteiger partial charge is 0.384 e. The van der Waals surface area contributed by atoms with E-state index in [0.29, 0.717) is 23.8 Å². The summed E-state index contributed by atoms with van der Waals surface area (Å²) in [5, 5.41) is 11.7. The van der Waals surface area contributed by atoms with Crippen molar-refractivity contribution in [3.05, 3.63) is 41.6 Å². The number of aromatic amines is 1. The molecule has 1 aliphatic heterocycles. The first kappa shape index (κ1) is 19.1. The van der Waals surface area contributed by atoms with Crippen molar-refractivity contribution in [1.29, 1.82) is 0 Å². The molecule has 1 fully saturated rings. The van der Waals surface area contributed by atoms with Crippen LogP contribution in [0.4, 0.5) is 5.82 Å². The Hall–Kier alpha value is -3.23. The van der Waals surface area contributed by atoms with Gasteiger partial charge >= 0.3 is 0 Å². The van der Waals surface area contributed by atoms with Gasteiger partial charge in [0.2, 0.25) is 0 Å². The van der Waals surface area contributed by atoms with Crippen LogP contribution < -0.4 is 5.73 Å². The number of anilines is 1. The van der Waals surface area contributed by atoms with Gasteiger partial charge in [0.1, 0.15) is 11.6 Å². The highest BCUT2D eigenvalue weighted by atomic mass is 16.2. The molecule has 9 heteroatoms. The number of amides is 1. The zero-order chi connectivity index (χ0) is 20.4. The Kier molecular flexibility index (Phi) is 5.28. The highest BCUT2D eigenvalue weighted by Gasteiger charge is 2.26. The van der Waals surface area contributed by atoms with Crippen molar-refractivity contribution in [3.8, 4) is 11.4 Å². The molecule has 0 saturated carbocycles. The van der Waals surface area contributed by atoms with E-state index in [1.807, 2.05) is 16.5 Å². The predicted octanol–water partition coefficient (Wildman–Crippen LogP) is 2.38. The van der Waals surface area contributed by atoms with Crippen molar-refractivity contribution >= 4 is 11.7 Å². The third-order valence-electron chi connectivity index (χ3n) is 5.48. The van der Waals surface area contributed by atoms with Gasteiger partial charge in [-0.2, -0.15) is 10.2 Å². The average molecular weight is 394 g/mol. The second-order valence-corrected chi connectivity index (χ2v) is 7.41. The fourth-order valence-electron chi connectivity index (χ4n) is 3.85. The van der Waals surface area contributed by atoms with Crippen molar-refractivity contribution in [2.24, 2.45) is 0 Å². The lowest BCUT2D eigenvalue weighted by Crippen LogP contribution is -2.32. The summed E-state index contributed by atoms with van der Waals surface area (Å²) in [6.45, 7) is 6.22. The SMILES string of the molecule is CCn1nc(-c2cn[nH]c2C)nc1C1CCCN(C(=O)c2ccc(N)nc2)CC1. The Morgan fingerprint density at radius 2 is 2.14 bits per heavy atom. The number of carbonyl (C=O) groups excluding carboxylic acids is 1. The number of nitrogens with one attached hydrogen (secondary N) is 1. The first-order valence-electron chi connectivity index (χ1n) is 10.0. The maximum Gasteiger partial charge on any atom is 0.255 e. The zero-order valence-electron chi connectivity index (χ0n) is 16.8. The monoisotopic (exact) mass is 394 g/mol. The van der Waals surface area contributed by atoms with Crippen LogP contribution in [0.2, 0.25) is 0 Å². The highest BCUT2D eigenvalue weighted by Crippen LogP contribution is 2.29.